The van der Waals surface area contributed by atoms with Gasteiger partial charge in [-0.25, -0.2) is 0 Å². The van der Waals surface area contributed by atoms with E-state index in [0.29, 0.717) is 12.1 Å². The second kappa shape index (κ2) is 9.90. The minimum atomic E-state index is -1.91. The van der Waals surface area contributed by atoms with Crippen molar-refractivity contribution in [1.29, 1.82) is 0 Å². The Hall–Kier alpha value is -1.95. The van der Waals surface area contributed by atoms with Crippen LogP contribution < -0.4 is 4.43 Å². The van der Waals surface area contributed by atoms with Gasteiger partial charge in [0.2, 0.25) is 8.32 Å². The summed E-state index contributed by atoms with van der Waals surface area (Å²) in [6.45, 7) is 23.0. The van der Waals surface area contributed by atoms with Crippen molar-refractivity contribution >= 4 is 8.32 Å². The summed E-state index contributed by atoms with van der Waals surface area (Å²) in [6.07, 6.45) is 5.88. The van der Waals surface area contributed by atoms with Crippen LogP contribution in [0.5, 0.6) is 5.75 Å². The van der Waals surface area contributed by atoms with Crippen LogP contribution in [0.25, 0.3) is 0 Å². The molecule has 3 rings (SSSR count). The zero-order chi connectivity index (χ0) is 23.5. The summed E-state index contributed by atoms with van der Waals surface area (Å²) in [5.41, 5.74) is 2.50. The molecule has 0 N–H and O–H groups in total. The van der Waals surface area contributed by atoms with E-state index in [1.165, 1.54) is 11.1 Å². The van der Waals surface area contributed by atoms with Crippen molar-refractivity contribution in [2.75, 3.05) is 19.6 Å². The summed E-state index contributed by atoms with van der Waals surface area (Å²) in [5.74, 6) is 0.981. The predicted octanol–water partition coefficient (Wildman–Crippen LogP) is 6.14. The molecule has 0 radical (unpaired) electrons. The molecule has 3 atom stereocenters. The number of piperazine rings is 1. The number of aromatic nitrogens is 1. The van der Waals surface area contributed by atoms with Gasteiger partial charge >= 0.3 is 0 Å². The fourth-order valence-corrected chi connectivity index (χ4v) is 5.34. The second-order valence-corrected chi connectivity index (χ2v) is 15.5. The van der Waals surface area contributed by atoms with Crippen LogP contribution in [0, 0.1) is 0 Å². The number of nitrogens with zero attached hydrogens (tertiary/aromatic N) is 3. The quantitative estimate of drug-likeness (QED) is 0.374. The molecule has 0 spiro atoms. The number of hydrogen-bond acceptors (Lipinski definition) is 4. The molecular weight excluding hydrogens is 410 g/mol. The maximum atomic E-state index is 6.66. The van der Waals surface area contributed by atoms with Gasteiger partial charge in [-0.2, -0.15) is 0 Å². The number of rotatable bonds is 7. The highest BCUT2D eigenvalue weighted by molar-refractivity contribution is 6.74. The van der Waals surface area contributed by atoms with Gasteiger partial charge in [-0.15, -0.1) is 6.58 Å². The van der Waals surface area contributed by atoms with Gasteiger partial charge in [0.1, 0.15) is 5.75 Å². The van der Waals surface area contributed by atoms with E-state index in [4.69, 9.17) is 4.43 Å². The summed E-state index contributed by atoms with van der Waals surface area (Å²) < 4.78 is 6.66. The molecule has 2 heterocycles. The molecule has 0 unspecified atom stereocenters. The van der Waals surface area contributed by atoms with E-state index in [0.717, 1.165) is 25.4 Å². The largest absolute Gasteiger partial charge is 0.543 e. The molecule has 1 saturated heterocycles. The van der Waals surface area contributed by atoms with E-state index in [1.54, 1.807) is 0 Å². The van der Waals surface area contributed by atoms with Gasteiger partial charge < -0.3 is 4.43 Å². The van der Waals surface area contributed by atoms with Crippen LogP contribution in [0.15, 0.2) is 61.4 Å². The second-order valence-electron chi connectivity index (χ2n) is 10.8. The van der Waals surface area contributed by atoms with Crippen LogP contribution in [0.2, 0.25) is 18.1 Å². The van der Waals surface area contributed by atoms with E-state index < -0.39 is 8.32 Å². The molecule has 1 fully saturated rings. The van der Waals surface area contributed by atoms with Gasteiger partial charge in [0.15, 0.2) is 0 Å². The van der Waals surface area contributed by atoms with Crippen LogP contribution in [-0.2, 0) is 0 Å². The normalized spacial score (nSPS) is 21.8. The highest BCUT2D eigenvalue weighted by atomic mass is 28.4. The third kappa shape index (κ3) is 5.51. The van der Waals surface area contributed by atoms with Gasteiger partial charge in [-0.3, -0.25) is 14.8 Å². The number of hydrogen-bond donors (Lipinski definition) is 0. The molecule has 0 aliphatic carbocycles. The molecular formula is C27H41N3OSi. The third-order valence-electron chi connectivity index (χ3n) is 7.21. The molecule has 0 saturated carbocycles. The van der Waals surface area contributed by atoms with E-state index in [9.17, 15) is 0 Å². The van der Waals surface area contributed by atoms with E-state index >= 15 is 0 Å². The highest BCUT2D eigenvalue weighted by Crippen LogP contribution is 2.39. The Labute approximate surface area is 196 Å². The van der Waals surface area contributed by atoms with E-state index in [1.807, 2.05) is 24.5 Å². The van der Waals surface area contributed by atoms with E-state index in [-0.39, 0.29) is 11.1 Å². The van der Waals surface area contributed by atoms with Crippen molar-refractivity contribution in [3.05, 3.63) is 72.6 Å². The van der Waals surface area contributed by atoms with Crippen LogP contribution in [-0.4, -0.2) is 54.8 Å². The van der Waals surface area contributed by atoms with Gasteiger partial charge in [0.25, 0.3) is 0 Å². The Morgan fingerprint density at radius 1 is 1.12 bits per heavy atom. The molecule has 0 amide bonds. The summed E-state index contributed by atoms with van der Waals surface area (Å²) in [5, 5.41) is 0.164. The van der Waals surface area contributed by atoms with Gasteiger partial charge in [0, 0.05) is 44.1 Å². The summed E-state index contributed by atoms with van der Waals surface area (Å²) in [6, 6.07) is 14.0. The third-order valence-corrected chi connectivity index (χ3v) is 11.6. The average Bonchev–Trinajstić information content (AvgIpc) is 2.72. The lowest BCUT2D eigenvalue weighted by Crippen LogP contribution is -2.57. The van der Waals surface area contributed by atoms with Crippen LogP contribution in [0.4, 0.5) is 0 Å². The first-order valence-electron chi connectivity index (χ1n) is 11.8. The Morgan fingerprint density at radius 2 is 1.84 bits per heavy atom. The highest BCUT2D eigenvalue weighted by Gasteiger charge is 2.39. The number of pyridine rings is 1. The lowest BCUT2D eigenvalue weighted by atomic mass is 9.94. The molecule has 174 valence electrons. The monoisotopic (exact) mass is 451 g/mol. The smallest absolute Gasteiger partial charge is 0.250 e. The molecule has 1 aliphatic rings. The van der Waals surface area contributed by atoms with Crippen molar-refractivity contribution in [2.45, 2.75) is 70.9 Å². The van der Waals surface area contributed by atoms with Crippen LogP contribution in [0.3, 0.4) is 0 Å². The molecule has 32 heavy (non-hydrogen) atoms. The zero-order valence-corrected chi connectivity index (χ0v) is 22.0. The van der Waals surface area contributed by atoms with Gasteiger partial charge in [0.05, 0.1) is 6.04 Å². The summed E-state index contributed by atoms with van der Waals surface area (Å²) in [7, 11) is -1.91. The van der Waals surface area contributed by atoms with Crippen molar-refractivity contribution < 1.29 is 4.43 Å². The predicted molar refractivity (Wildman–Crippen MR) is 138 cm³/mol. The lowest BCUT2D eigenvalue weighted by molar-refractivity contribution is 0.0305. The van der Waals surface area contributed by atoms with Crippen molar-refractivity contribution in [1.82, 2.24) is 14.8 Å². The Morgan fingerprint density at radius 3 is 2.47 bits per heavy atom. The standard InChI is InChI=1S/C27H41N3OSi/c1-9-16-29-19-22(3)30(20-21(29)2)26(24-13-11-15-28-18-24)23-12-10-14-25(17-23)31-32(7,8)27(4,5)6/h9-15,17-18,21-22,26H,1,16,19-20H2,2-8H3/t21-,22+,26-/m1/s1. The zero-order valence-electron chi connectivity index (χ0n) is 21.0. The Balaban J connectivity index is 1.97. The van der Waals surface area contributed by atoms with Crippen LogP contribution in [0.1, 0.15) is 51.8 Å². The minimum Gasteiger partial charge on any atom is -0.543 e. The molecule has 2 aromatic rings. The summed E-state index contributed by atoms with van der Waals surface area (Å²) in [4.78, 5) is 9.60. The Bertz CT molecular complexity index is 893. The first kappa shape index (κ1) is 24.7. The Kier molecular flexibility index (Phi) is 7.64. The fraction of sp³-hybridized carbons (Fsp3) is 0.519. The van der Waals surface area contributed by atoms with Crippen molar-refractivity contribution in [3.63, 3.8) is 0 Å². The van der Waals surface area contributed by atoms with Gasteiger partial charge in [-0.1, -0.05) is 45.0 Å². The van der Waals surface area contributed by atoms with E-state index in [2.05, 4.69) is 99.4 Å². The van der Waals surface area contributed by atoms with Gasteiger partial charge in [-0.05, 0) is 61.3 Å². The van der Waals surface area contributed by atoms with Crippen molar-refractivity contribution in [2.24, 2.45) is 0 Å². The average molecular weight is 452 g/mol. The lowest BCUT2D eigenvalue weighted by Gasteiger charge is -2.47. The maximum Gasteiger partial charge on any atom is 0.250 e. The molecule has 4 nitrogen and oxygen atoms in total. The minimum absolute atomic E-state index is 0.148. The molecule has 0 bridgehead atoms. The molecule has 1 aromatic heterocycles. The first-order chi connectivity index (χ1) is 15.0. The molecule has 5 heteroatoms. The number of benzene rings is 1. The SMILES string of the molecule is C=CCN1C[C@H](C)N([C@@H](c2cccnc2)c2cccc(O[Si](C)(C)C(C)(C)C)c2)C[C@H]1C. The fourth-order valence-electron chi connectivity index (χ4n) is 4.31. The van der Waals surface area contributed by atoms with Crippen molar-refractivity contribution in [3.8, 4) is 5.75 Å². The maximum absolute atomic E-state index is 6.66. The topological polar surface area (TPSA) is 28.6 Å². The first-order valence-corrected chi connectivity index (χ1v) is 14.7. The molecule has 1 aromatic carbocycles. The van der Waals surface area contributed by atoms with Crippen LogP contribution >= 0.6 is 0 Å². The molecule has 1 aliphatic heterocycles. The summed E-state index contributed by atoms with van der Waals surface area (Å²) >= 11 is 0.